The second-order valence-corrected chi connectivity index (χ2v) is 5.64. The van der Waals surface area contributed by atoms with Gasteiger partial charge in [-0.2, -0.15) is 5.10 Å². The second-order valence-electron chi connectivity index (χ2n) is 5.64. The molecule has 0 aliphatic rings. The maximum Gasteiger partial charge on any atom is 0.272 e. The summed E-state index contributed by atoms with van der Waals surface area (Å²) in [5.41, 5.74) is 5.43. The summed E-state index contributed by atoms with van der Waals surface area (Å²) in [7, 11) is 3.14. The van der Waals surface area contributed by atoms with Gasteiger partial charge in [0, 0.05) is 11.1 Å². The minimum absolute atomic E-state index is 0.288. The molecule has 0 saturated carbocycles. The number of carbonyl (C=O) groups is 1. The fourth-order valence-corrected chi connectivity index (χ4v) is 2.65. The van der Waals surface area contributed by atoms with Crippen LogP contribution in [0.2, 0.25) is 0 Å². The number of fused-ring (bicyclic) bond motifs is 1. The molecule has 0 aliphatic carbocycles. The fourth-order valence-electron chi connectivity index (χ4n) is 2.65. The Morgan fingerprint density at radius 1 is 1.08 bits per heavy atom. The smallest absolute Gasteiger partial charge is 0.272 e. The lowest BCUT2D eigenvalue weighted by Gasteiger charge is -2.08. The van der Waals surface area contributed by atoms with Gasteiger partial charge in [0.1, 0.15) is 0 Å². The quantitative estimate of drug-likeness (QED) is 0.566. The summed E-state index contributed by atoms with van der Waals surface area (Å²) in [6.45, 7) is 1.86. The SMILES string of the molecule is COc1ccc(/C=N/NC(=O)c2cc(C)nc3ccccc23)cc1OC. The van der Waals surface area contributed by atoms with Gasteiger partial charge in [-0.05, 0) is 42.8 Å². The van der Waals surface area contributed by atoms with E-state index in [9.17, 15) is 4.79 Å². The Labute approximate surface area is 151 Å². The first kappa shape index (κ1) is 17.4. The van der Waals surface area contributed by atoms with Crippen LogP contribution >= 0.6 is 0 Å². The molecular formula is C20H19N3O3. The van der Waals surface area contributed by atoms with Crippen molar-refractivity contribution in [3.63, 3.8) is 0 Å². The Morgan fingerprint density at radius 2 is 1.85 bits per heavy atom. The number of carbonyl (C=O) groups excluding carboxylic acids is 1. The molecule has 1 N–H and O–H groups in total. The molecule has 6 heteroatoms. The summed E-state index contributed by atoms with van der Waals surface area (Å²) >= 11 is 0. The number of pyridine rings is 1. The number of amides is 1. The molecule has 2 aromatic carbocycles. The molecule has 0 atom stereocenters. The Bertz CT molecular complexity index is 983. The van der Waals surface area contributed by atoms with Gasteiger partial charge in [-0.1, -0.05) is 18.2 Å². The van der Waals surface area contributed by atoms with Crippen LogP contribution in [-0.4, -0.2) is 31.3 Å². The van der Waals surface area contributed by atoms with Crippen molar-refractivity contribution in [2.75, 3.05) is 14.2 Å². The van der Waals surface area contributed by atoms with Crippen molar-refractivity contribution < 1.29 is 14.3 Å². The van der Waals surface area contributed by atoms with E-state index in [1.807, 2.05) is 37.3 Å². The average Bonchev–Trinajstić information content (AvgIpc) is 2.67. The van der Waals surface area contributed by atoms with E-state index in [2.05, 4.69) is 15.5 Å². The van der Waals surface area contributed by atoms with Crippen LogP contribution in [0.1, 0.15) is 21.6 Å². The van der Waals surface area contributed by atoms with E-state index in [1.165, 1.54) is 0 Å². The van der Waals surface area contributed by atoms with Crippen molar-refractivity contribution in [2.24, 2.45) is 5.10 Å². The molecule has 1 heterocycles. The minimum Gasteiger partial charge on any atom is -0.493 e. The van der Waals surface area contributed by atoms with Crippen LogP contribution in [0.4, 0.5) is 0 Å². The van der Waals surface area contributed by atoms with E-state index in [0.29, 0.717) is 17.1 Å². The maximum absolute atomic E-state index is 12.5. The third-order valence-corrected chi connectivity index (χ3v) is 3.88. The third-order valence-electron chi connectivity index (χ3n) is 3.88. The number of aromatic nitrogens is 1. The van der Waals surface area contributed by atoms with Gasteiger partial charge >= 0.3 is 0 Å². The third kappa shape index (κ3) is 3.64. The van der Waals surface area contributed by atoms with Crippen LogP contribution in [0.15, 0.2) is 53.6 Å². The summed E-state index contributed by atoms with van der Waals surface area (Å²) < 4.78 is 10.5. The normalized spacial score (nSPS) is 10.9. The Balaban J connectivity index is 1.80. The van der Waals surface area contributed by atoms with Crippen molar-refractivity contribution >= 4 is 23.0 Å². The highest BCUT2D eigenvalue weighted by atomic mass is 16.5. The average molecular weight is 349 g/mol. The zero-order valence-electron chi connectivity index (χ0n) is 14.8. The van der Waals surface area contributed by atoms with Crippen LogP contribution in [0.5, 0.6) is 11.5 Å². The zero-order valence-corrected chi connectivity index (χ0v) is 14.8. The van der Waals surface area contributed by atoms with Gasteiger partial charge < -0.3 is 9.47 Å². The molecule has 0 aliphatic heterocycles. The van der Waals surface area contributed by atoms with Crippen LogP contribution in [0, 0.1) is 6.92 Å². The molecule has 0 radical (unpaired) electrons. The van der Waals surface area contributed by atoms with Crippen LogP contribution in [-0.2, 0) is 0 Å². The van der Waals surface area contributed by atoms with E-state index < -0.39 is 0 Å². The van der Waals surface area contributed by atoms with Crippen molar-refractivity contribution in [3.05, 3.63) is 65.4 Å². The predicted octanol–water partition coefficient (Wildman–Crippen LogP) is 3.32. The molecule has 1 amide bonds. The molecule has 0 saturated heterocycles. The van der Waals surface area contributed by atoms with E-state index in [0.717, 1.165) is 22.2 Å². The molecular weight excluding hydrogens is 330 g/mol. The number of ether oxygens (including phenoxy) is 2. The highest BCUT2D eigenvalue weighted by molar-refractivity contribution is 6.06. The van der Waals surface area contributed by atoms with Gasteiger partial charge in [0.05, 0.1) is 31.5 Å². The van der Waals surface area contributed by atoms with Gasteiger partial charge in [-0.25, -0.2) is 5.43 Å². The number of benzene rings is 2. The standard InChI is InChI=1S/C20H19N3O3/c1-13-10-16(15-6-4-5-7-17(15)22-13)20(24)23-21-12-14-8-9-18(25-2)19(11-14)26-3/h4-12H,1-3H3,(H,23,24)/b21-12+. The summed E-state index contributed by atoms with van der Waals surface area (Å²) in [6.07, 6.45) is 1.55. The molecule has 3 aromatic rings. The van der Waals surface area contributed by atoms with Crippen molar-refractivity contribution in [3.8, 4) is 11.5 Å². The Kier molecular flexibility index (Phi) is 5.12. The number of nitrogens with one attached hydrogen (secondary N) is 1. The molecule has 1 aromatic heterocycles. The number of para-hydroxylation sites is 1. The molecule has 0 fully saturated rings. The Hall–Kier alpha value is -3.41. The lowest BCUT2D eigenvalue weighted by Crippen LogP contribution is -2.18. The number of methoxy groups -OCH3 is 2. The summed E-state index contributed by atoms with van der Waals surface area (Å²) in [5.74, 6) is 0.939. The number of hydrogen-bond acceptors (Lipinski definition) is 5. The molecule has 6 nitrogen and oxygen atoms in total. The first-order chi connectivity index (χ1) is 12.6. The molecule has 0 spiro atoms. The highest BCUT2D eigenvalue weighted by Gasteiger charge is 2.11. The number of nitrogens with zero attached hydrogens (tertiary/aromatic N) is 2. The van der Waals surface area contributed by atoms with Crippen LogP contribution < -0.4 is 14.9 Å². The van der Waals surface area contributed by atoms with Crippen molar-refractivity contribution in [2.45, 2.75) is 6.92 Å². The summed E-state index contributed by atoms with van der Waals surface area (Å²) in [4.78, 5) is 17.0. The second kappa shape index (κ2) is 7.65. The van der Waals surface area contributed by atoms with Gasteiger partial charge in [-0.15, -0.1) is 0 Å². The van der Waals surface area contributed by atoms with E-state index >= 15 is 0 Å². The molecule has 3 rings (SSSR count). The Morgan fingerprint density at radius 3 is 2.62 bits per heavy atom. The van der Waals surface area contributed by atoms with E-state index in [4.69, 9.17) is 9.47 Å². The number of aryl methyl sites for hydroxylation is 1. The first-order valence-electron chi connectivity index (χ1n) is 8.04. The van der Waals surface area contributed by atoms with E-state index in [-0.39, 0.29) is 5.91 Å². The number of rotatable bonds is 5. The topological polar surface area (TPSA) is 72.8 Å². The van der Waals surface area contributed by atoms with Crippen LogP contribution in [0.25, 0.3) is 10.9 Å². The summed E-state index contributed by atoms with van der Waals surface area (Å²) in [6, 6.07) is 14.7. The number of hydrogen-bond donors (Lipinski definition) is 1. The lowest BCUT2D eigenvalue weighted by molar-refractivity contribution is 0.0956. The van der Waals surface area contributed by atoms with Gasteiger partial charge in [0.25, 0.3) is 5.91 Å². The first-order valence-corrected chi connectivity index (χ1v) is 8.04. The van der Waals surface area contributed by atoms with Crippen LogP contribution in [0.3, 0.4) is 0 Å². The van der Waals surface area contributed by atoms with Crippen molar-refractivity contribution in [1.82, 2.24) is 10.4 Å². The van der Waals surface area contributed by atoms with E-state index in [1.54, 1.807) is 38.6 Å². The molecule has 0 bridgehead atoms. The minimum atomic E-state index is -0.288. The van der Waals surface area contributed by atoms with Gasteiger partial charge in [-0.3, -0.25) is 9.78 Å². The molecule has 132 valence electrons. The zero-order chi connectivity index (χ0) is 18.5. The number of hydrazone groups is 1. The lowest BCUT2D eigenvalue weighted by atomic mass is 10.1. The maximum atomic E-state index is 12.5. The monoisotopic (exact) mass is 349 g/mol. The summed E-state index contributed by atoms with van der Waals surface area (Å²) in [5, 5.41) is 4.83. The van der Waals surface area contributed by atoms with Gasteiger partial charge in [0.15, 0.2) is 11.5 Å². The molecule has 26 heavy (non-hydrogen) atoms. The fraction of sp³-hybridized carbons (Fsp3) is 0.150. The largest absolute Gasteiger partial charge is 0.493 e. The predicted molar refractivity (Wildman–Crippen MR) is 101 cm³/mol. The molecule has 0 unspecified atom stereocenters. The highest BCUT2D eigenvalue weighted by Crippen LogP contribution is 2.26. The van der Waals surface area contributed by atoms with Crippen molar-refractivity contribution in [1.29, 1.82) is 0 Å². The van der Waals surface area contributed by atoms with Gasteiger partial charge in [0.2, 0.25) is 0 Å².